The molecule has 0 atom stereocenters. The maximum atomic E-state index is 5.10. The van der Waals surface area contributed by atoms with Crippen LogP contribution < -0.4 is 0 Å². The molecule has 0 fully saturated rings. The minimum absolute atomic E-state index is 0.625. The standard InChI is InChI=1S/C52H32N4/c1-2-9-44-35(5-1)6-4-10-45(44)36-13-21-42(22-14-36)51-54-50(41-19-11-33(12-20-41)34-29-31-53-32-30-34)55-52(56-51)43-23-15-37(16-24-43)46-27-25-40-18-17-38-7-3-8-39-26-28-47(46)49(40)48(38)39/h1-32H. The lowest BCUT2D eigenvalue weighted by Gasteiger charge is -2.14. The molecule has 2 aromatic heterocycles. The number of rotatable bonds is 6. The Kier molecular flexibility index (Phi) is 7.46. The highest BCUT2D eigenvalue weighted by atomic mass is 15.0. The molecule has 260 valence electrons. The van der Waals surface area contributed by atoms with Crippen LogP contribution in [0.4, 0.5) is 0 Å². The van der Waals surface area contributed by atoms with Crippen LogP contribution in [-0.2, 0) is 0 Å². The van der Waals surface area contributed by atoms with E-state index >= 15 is 0 Å². The number of nitrogens with zero attached hydrogens (tertiary/aromatic N) is 4. The molecule has 11 aromatic rings. The van der Waals surface area contributed by atoms with Crippen LogP contribution in [0.3, 0.4) is 0 Å². The molecule has 0 aliphatic heterocycles. The summed E-state index contributed by atoms with van der Waals surface area (Å²) < 4.78 is 0. The van der Waals surface area contributed by atoms with E-state index in [0.29, 0.717) is 17.5 Å². The molecule has 4 nitrogen and oxygen atoms in total. The smallest absolute Gasteiger partial charge is 0.164 e. The Bertz CT molecular complexity index is 3190. The van der Waals surface area contributed by atoms with Crippen molar-refractivity contribution in [3.63, 3.8) is 0 Å². The van der Waals surface area contributed by atoms with Crippen molar-refractivity contribution in [2.75, 3.05) is 0 Å². The second-order valence-electron chi connectivity index (χ2n) is 14.3. The van der Waals surface area contributed by atoms with E-state index in [0.717, 1.165) is 38.9 Å². The zero-order valence-electron chi connectivity index (χ0n) is 30.3. The van der Waals surface area contributed by atoms with E-state index in [1.165, 1.54) is 54.2 Å². The first kappa shape index (κ1) is 31.9. The predicted octanol–water partition coefficient (Wildman–Crippen LogP) is 13.3. The topological polar surface area (TPSA) is 51.6 Å². The molecule has 9 aromatic carbocycles. The van der Waals surface area contributed by atoms with Gasteiger partial charge < -0.3 is 0 Å². The summed E-state index contributed by atoms with van der Waals surface area (Å²) in [5.41, 5.74) is 9.70. The van der Waals surface area contributed by atoms with Crippen molar-refractivity contribution in [1.29, 1.82) is 0 Å². The van der Waals surface area contributed by atoms with Gasteiger partial charge in [-0.15, -0.1) is 0 Å². The molecule has 0 aliphatic carbocycles. The van der Waals surface area contributed by atoms with Gasteiger partial charge in [0.15, 0.2) is 17.5 Å². The second-order valence-corrected chi connectivity index (χ2v) is 14.3. The molecule has 56 heavy (non-hydrogen) atoms. The van der Waals surface area contributed by atoms with Crippen LogP contribution in [0.5, 0.6) is 0 Å². The van der Waals surface area contributed by atoms with Gasteiger partial charge in [0.2, 0.25) is 0 Å². The number of fused-ring (bicyclic) bond motifs is 1. The van der Waals surface area contributed by atoms with Crippen molar-refractivity contribution in [3.05, 3.63) is 194 Å². The number of benzene rings is 9. The van der Waals surface area contributed by atoms with Crippen LogP contribution in [-0.4, -0.2) is 19.9 Å². The average molecular weight is 713 g/mol. The molecule has 0 spiro atoms. The minimum Gasteiger partial charge on any atom is -0.265 e. The number of hydrogen-bond acceptors (Lipinski definition) is 4. The van der Waals surface area contributed by atoms with Gasteiger partial charge in [-0.3, -0.25) is 4.98 Å². The zero-order valence-corrected chi connectivity index (χ0v) is 30.3. The predicted molar refractivity (Wildman–Crippen MR) is 231 cm³/mol. The fourth-order valence-electron chi connectivity index (χ4n) is 8.18. The fraction of sp³-hybridized carbons (Fsp3) is 0. The first-order valence-corrected chi connectivity index (χ1v) is 18.9. The van der Waals surface area contributed by atoms with Gasteiger partial charge in [-0.05, 0) is 88.6 Å². The zero-order chi connectivity index (χ0) is 37.0. The Balaban J connectivity index is 1.000. The first-order valence-electron chi connectivity index (χ1n) is 18.9. The van der Waals surface area contributed by atoms with Gasteiger partial charge in [0, 0.05) is 29.1 Å². The monoisotopic (exact) mass is 712 g/mol. The van der Waals surface area contributed by atoms with E-state index in [2.05, 4.69) is 175 Å². The van der Waals surface area contributed by atoms with Gasteiger partial charge in [0.05, 0.1) is 0 Å². The van der Waals surface area contributed by atoms with Gasteiger partial charge in [0.1, 0.15) is 0 Å². The highest BCUT2D eigenvalue weighted by Gasteiger charge is 2.16. The lowest BCUT2D eigenvalue weighted by Crippen LogP contribution is -2.00. The Morgan fingerprint density at radius 2 is 0.679 bits per heavy atom. The first-order chi connectivity index (χ1) is 27.7. The van der Waals surface area contributed by atoms with Crippen molar-refractivity contribution >= 4 is 43.1 Å². The summed E-state index contributed by atoms with van der Waals surface area (Å²) in [6.07, 6.45) is 3.63. The van der Waals surface area contributed by atoms with Crippen LogP contribution in [0.15, 0.2) is 194 Å². The molecule has 0 saturated heterocycles. The molecular weight excluding hydrogens is 681 g/mol. The van der Waals surface area contributed by atoms with Crippen LogP contribution >= 0.6 is 0 Å². The summed E-state index contributed by atoms with van der Waals surface area (Å²) in [6.45, 7) is 0. The van der Waals surface area contributed by atoms with Crippen molar-refractivity contribution in [1.82, 2.24) is 19.9 Å². The summed E-state index contributed by atoms with van der Waals surface area (Å²) in [5, 5.41) is 10.1. The molecule has 0 amide bonds. The summed E-state index contributed by atoms with van der Waals surface area (Å²) in [5.74, 6) is 1.88. The van der Waals surface area contributed by atoms with Gasteiger partial charge >= 0.3 is 0 Å². The van der Waals surface area contributed by atoms with Crippen molar-refractivity contribution in [3.8, 4) is 67.5 Å². The summed E-state index contributed by atoms with van der Waals surface area (Å²) in [4.78, 5) is 19.4. The molecule has 4 heteroatoms. The Morgan fingerprint density at radius 3 is 1.30 bits per heavy atom. The van der Waals surface area contributed by atoms with Gasteiger partial charge in [0.25, 0.3) is 0 Å². The lowest BCUT2D eigenvalue weighted by atomic mass is 9.90. The van der Waals surface area contributed by atoms with Crippen LogP contribution in [0.1, 0.15) is 0 Å². The molecule has 0 N–H and O–H groups in total. The maximum absolute atomic E-state index is 5.10. The van der Waals surface area contributed by atoms with E-state index in [-0.39, 0.29) is 0 Å². The molecule has 0 unspecified atom stereocenters. The Labute approximate surface area is 323 Å². The molecule has 11 rings (SSSR count). The highest BCUT2D eigenvalue weighted by Crippen LogP contribution is 2.40. The van der Waals surface area contributed by atoms with E-state index in [1.807, 2.05) is 24.5 Å². The van der Waals surface area contributed by atoms with E-state index in [4.69, 9.17) is 15.0 Å². The number of hydrogen-bond donors (Lipinski definition) is 0. The van der Waals surface area contributed by atoms with Crippen LogP contribution in [0.2, 0.25) is 0 Å². The molecule has 2 heterocycles. The number of pyridine rings is 1. The van der Waals surface area contributed by atoms with Crippen LogP contribution in [0, 0.1) is 0 Å². The van der Waals surface area contributed by atoms with E-state index < -0.39 is 0 Å². The van der Waals surface area contributed by atoms with Crippen molar-refractivity contribution in [2.45, 2.75) is 0 Å². The van der Waals surface area contributed by atoms with Crippen molar-refractivity contribution in [2.24, 2.45) is 0 Å². The summed E-state index contributed by atoms with van der Waals surface area (Å²) in [7, 11) is 0. The van der Waals surface area contributed by atoms with Crippen molar-refractivity contribution < 1.29 is 0 Å². The SMILES string of the molecule is c1ccc2c(-c3ccc(-c4nc(-c5ccc(-c6ccncc6)cc5)nc(-c5ccc(-c6ccc7ccc8cccc9ccc6c7c89)cc5)n4)cc3)cccc2c1. The number of aromatic nitrogens is 4. The quantitative estimate of drug-likeness (QED) is 0.161. The van der Waals surface area contributed by atoms with Crippen LogP contribution in [0.25, 0.3) is 111 Å². The molecule has 0 saturated carbocycles. The van der Waals surface area contributed by atoms with Gasteiger partial charge in [-0.2, -0.15) is 0 Å². The molecule has 0 aliphatic rings. The highest BCUT2D eigenvalue weighted by molar-refractivity contribution is 6.25. The third kappa shape index (κ3) is 5.47. The third-order valence-electron chi connectivity index (χ3n) is 11.0. The molecule has 0 bridgehead atoms. The molecule has 0 radical (unpaired) electrons. The van der Waals surface area contributed by atoms with Gasteiger partial charge in [-0.1, -0.05) is 170 Å². The van der Waals surface area contributed by atoms with E-state index in [9.17, 15) is 0 Å². The maximum Gasteiger partial charge on any atom is 0.164 e. The summed E-state index contributed by atoms with van der Waals surface area (Å²) >= 11 is 0. The normalized spacial score (nSPS) is 11.6. The minimum atomic E-state index is 0.625. The lowest BCUT2D eigenvalue weighted by molar-refractivity contribution is 1.07. The Hall–Kier alpha value is -7.56. The second kappa shape index (κ2) is 13.1. The molecular formula is C52H32N4. The fourth-order valence-corrected chi connectivity index (χ4v) is 8.18. The van der Waals surface area contributed by atoms with Gasteiger partial charge in [-0.25, -0.2) is 15.0 Å². The summed E-state index contributed by atoms with van der Waals surface area (Å²) in [6, 6.07) is 64.6. The third-order valence-corrected chi connectivity index (χ3v) is 11.0. The Morgan fingerprint density at radius 1 is 0.250 bits per heavy atom. The largest absolute Gasteiger partial charge is 0.265 e. The van der Waals surface area contributed by atoms with E-state index in [1.54, 1.807) is 0 Å². The average Bonchev–Trinajstić information content (AvgIpc) is 3.28.